The lowest BCUT2D eigenvalue weighted by atomic mass is 9.66. The minimum atomic E-state index is -0.422. The summed E-state index contributed by atoms with van der Waals surface area (Å²) in [5, 5.41) is 9.99. The maximum Gasteiger partial charge on any atom is 0.115 e. The van der Waals surface area contributed by atoms with Crippen molar-refractivity contribution in [1.82, 2.24) is 0 Å². The Bertz CT molecular complexity index is 1160. The summed E-state index contributed by atoms with van der Waals surface area (Å²) < 4.78 is 0. The fraction of sp³-hybridized carbons (Fsp3) is 0.172. The fourth-order valence-corrected chi connectivity index (χ4v) is 4.89. The van der Waals surface area contributed by atoms with Crippen LogP contribution in [-0.2, 0) is 5.41 Å². The first-order valence-corrected chi connectivity index (χ1v) is 10.5. The summed E-state index contributed by atoms with van der Waals surface area (Å²) in [6.45, 7) is 6.60. The van der Waals surface area contributed by atoms with Crippen LogP contribution in [0.1, 0.15) is 41.7 Å². The first-order chi connectivity index (χ1) is 14.4. The molecule has 2 aliphatic carbocycles. The molecule has 148 valence electrons. The molecule has 1 unspecified atom stereocenters. The van der Waals surface area contributed by atoms with Gasteiger partial charge in [-0.25, -0.2) is 0 Å². The second-order valence-corrected chi connectivity index (χ2v) is 9.02. The zero-order valence-corrected chi connectivity index (χ0v) is 17.7. The minimum Gasteiger partial charge on any atom is -0.508 e. The van der Waals surface area contributed by atoms with Crippen molar-refractivity contribution in [3.63, 3.8) is 0 Å². The van der Waals surface area contributed by atoms with Crippen LogP contribution in [0.25, 0.3) is 5.57 Å². The Morgan fingerprint density at radius 3 is 2.00 bits per heavy atom. The molecule has 3 aromatic rings. The molecule has 0 saturated carbocycles. The van der Waals surface area contributed by atoms with Crippen LogP contribution in [-0.4, -0.2) is 5.11 Å². The lowest BCUT2D eigenvalue weighted by Crippen LogP contribution is -2.29. The Balaban J connectivity index is 1.92. The average Bonchev–Trinajstić information content (AvgIpc) is 2.92. The van der Waals surface area contributed by atoms with Crippen LogP contribution < -0.4 is 0 Å². The Kier molecular flexibility index (Phi) is 4.11. The van der Waals surface area contributed by atoms with Crippen molar-refractivity contribution in [2.24, 2.45) is 5.41 Å². The molecule has 0 bridgehead atoms. The summed E-state index contributed by atoms with van der Waals surface area (Å²) in [7, 11) is 0. The van der Waals surface area contributed by atoms with E-state index in [2.05, 4.69) is 106 Å². The quantitative estimate of drug-likeness (QED) is 0.502. The number of rotatable bonds is 2. The number of hydrogen-bond acceptors (Lipinski definition) is 1. The van der Waals surface area contributed by atoms with Crippen LogP contribution in [0.4, 0.5) is 0 Å². The number of hydrogen-bond donors (Lipinski definition) is 1. The van der Waals surface area contributed by atoms with Gasteiger partial charge in [-0.05, 0) is 52.5 Å². The van der Waals surface area contributed by atoms with E-state index in [1.165, 1.54) is 39.0 Å². The molecule has 3 aromatic carbocycles. The van der Waals surface area contributed by atoms with Gasteiger partial charge in [0.15, 0.2) is 0 Å². The van der Waals surface area contributed by atoms with Gasteiger partial charge >= 0.3 is 0 Å². The summed E-state index contributed by atoms with van der Waals surface area (Å²) >= 11 is 0. The first-order valence-electron chi connectivity index (χ1n) is 10.5. The Labute approximate surface area is 178 Å². The van der Waals surface area contributed by atoms with E-state index in [1.54, 1.807) is 12.1 Å². The van der Waals surface area contributed by atoms with Crippen LogP contribution in [0.5, 0.6) is 5.75 Å². The largest absolute Gasteiger partial charge is 0.508 e. The third-order valence-corrected chi connectivity index (χ3v) is 6.46. The average molecular weight is 391 g/mol. The van der Waals surface area contributed by atoms with Gasteiger partial charge in [-0.3, -0.25) is 0 Å². The van der Waals surface area contributed by atoms with E-state index in [1.807, 2.05) is 0 Å². The van der Waals surface area contributed by atoms with E-state index in [-0.39, 0.29) is 11.2 Å². The van der Waals surface area contributed by atoms with E-state index in [9.17, 15) is 5.11 Å². The van der Waals surface area contributed by atoms with Crippen molar-refractivity contribution in [3.05, 3.63) is 130 Å². The number of fused-ring (bicyclic) bond motifs is 2. The summed E-state index contributed by atoms with van der Waals surface area (Å²) in [5.74, 6) is 0.288. The predicted octanol–water partition coefficient (Wildman–Crippen LogP) is 6.95. The maximum absolute atomic E-state index is 9.99. The van der Waals surface area contributed by atoms with E-state index in [4.69, 9.17) is 0 Å². The highest BCUT2D eigenvalue weighted by Crippen LogP contribution is 2.56. The van der Waals surface area contributed by atoms with E-state index in [0.29, 0.717) is 0 Å². The van der Waals surface area contributed by atoms with Gasteiger partial charge in [0.25, 0.3) is 0 Å². The molecular weight excluding hydrogens is 364 g/mol. The molecule has 0 heterocycles. The van der Waals surface area contributed by atoms with Gasteiger partial charge in [0.05, 0.1) is 5.41 Å². The lowest BCUT2D eigenvalue weighted by Gasteiger charge is -2.35. The summed E-state index contributed by atoms with van der Waals surface area (Å²) in [6, 6.07) is 25.4. The van der Waals surface area contributed by atoms with Crippen molar-refractivity contribution < 1.29 is 5.11 Å². The molecule has 0 amide bonds. The Morgan fingerprint density at radius 1 is 0.700 bits per heavy atom. The molecule has 1 atom stereocenters. The number of aryl methyl sites for hydroxylation is 1. The van der Waals surface area contributed by atoms with Gasteiger partial charge in [-0.15, -0.1) is 0 Å². The second-order valence-electron chi connectivity index (χ2n) is 9.02. The molecule has 0 fully saturated rings. The van der Waals surface area contributed by atoms with Crippen LogP contribution in [0, 0.1) is 12.3 Å². The van der Waals surface area contributed by atoms with Crippen LogP contribution in [0.15, 0.2) is 103 Å². The molecule has 0 aromatic heterocycles. The molecule has 30 heavy (non-hydrogen) atoms. The zero-order valence-electron chi connectivity index (χ0n) is 17.7. The highest BCUT2D eigenvalue weighted by atomic mass is 16.3. The maximum atomic E-state index is 9.99. The summed E-state index contributed by atoms with van der Waals surface area (Å²) in [5.41, 5.74) is 8.37. The molecular formula is C29H26O. The molecule has 1 heteroatoms. The Morgan fingerprint density at radius 2 is 1.30 bits per heavy atom. The monoisotopic (exact) mass is 390 g/mol. The highest BCUT2D eigenvalue weighted by Gasteiger charge is 2.46. The van der Waals surface area contributed by atoms with E-state index in [0.717, 1.165) is 0 Å². The lowest BCUT2D eigenvalue weighted by molar-refractivity contribution is 0.475. The minimum absolute atomic E-state index is 0.00669. The Hall–Kier alpha value is -3.32. The SMILES string of the molecule is Cc1ccc(C2(c3ccc(O)cc3)C3=C(C=CC(C)(C)C=C3)c3ccccc32)cc1. The van der Waals surface area contributed by atoms with Crippen molar-refractivity contribution >= 4 is 5.57 Å². The third kappa shape index (κ3) is 2.69. The van der Waals surface area contributed by atoms with Crippen molar-refractivity contribution in [3.8, 4) is 5.75 Å². The number of benzene rings is 3. The number of phenols is 1. The topological polar surface area (TPSA) is 20.2 Å². The third-order valence-electron chi connectivity index (χ3n) is 6.46. The van der Waals surface area contributed by atoms with Gasteiger partial charge in [0, 0.05) is 5.41 Å². The number of aromatic hydroxyl groups is 1. The second kappa shape index (κ2) is 6.60. The smallest absolute Gasteiger partial charge is 0.115 e. The molecule has 0 radical (unpaired) electrons. The molecule has 1 N–H and O–H groups in total. The first kappa shape index (κ1) is 18.7. The van der Waals surface area contributed by atoms with Gasteiger partial charge in [0.2, 0.25) is 0 Å². The summed E-state index contributed by atoms with van der Waals surface area (Å²) in [4.78, 5) is 0. The molecule has 0 spiro atoms. The van der Waals surface area contributed by atoms with Crippen LogP contribution in [0.2, 0.25) is 0 Å². The van der Waals surface area contributed by atoms with Crippen molar-refractivity contribution in [2.45, 2.75) is 26.2 Å². The molecule has 0 aliphatic heterocycles. The normalized spacial score (nSPS) is 21.3. The highest BCUT2D eigenvalue weighted by molar-refractivity contribution is 5.92. The molecule has 5 rings (SSSR count). The van der Waals surface area contributed by atoms with Gasteiger partial charge in [-0.2, -0.15) is 0 Å². The molecule has 0 saturated heterocycles. The van der Waals surface area contributed by atoms with Crippen molar-refractivity contribution in [1.29, 1.82) is 0 Å². The standard InChI is InChI=1S/C29H26O/c1-20-8-10-21(11-9-20)29(22-12-14-23(30)15-13-22)26-7-5-4-6-24(26)25-16-18-28(2,3)19-17-27(25)29/h4-19,30H,1-3H3. The fourth-order valence-electron chi connectivity index (χ4n) is 4.89. The number of allylic oxidation sites excluding steroid dienone is 6. The zero-order chi connectivity index (χ0) is 20.9. The van der Waals surface area contributed by atoms with Gasteiger partial charge in [0.1, 0.15) is 5.75 Å². The van der Waals surface area contributed by atoms with Crippen molar-refractivity contribution in [2.75, 3.05) is 0 Å². The summed E-state index contributed by atoms with van der Waals surface area (Å²) in [6.07, 6.45) is 9.22. The number of phenolic OH excluding ortho intramolecular Hbond substituents is 1. The molecule has 2 aliphatic rings. The predicted molar refractivity (Wildman–Crippen MR) is 125 cm³/mol. The van der Waals surface area contributed by atoms with Crippen LogP contribution in [0.3, 0.4) is 0 Å². The van der Waals surface area contributed by atoms with Gasteiger partial charge < -0.3 is 5.11 Å². The van der Waals surface area contributed by atoms with Crippen LogP contribution >= 0.6 is 0 Å². The van der Waals surface area contributed by atoms with Gasteiger partial charge in [-0.1, -0.05) is 104 Å². The van der Waals surface area contributed by atoms with E-state index < -0.39 is 5.41 Å². The molecule has 1 nitrogen and oxygen atoms in total. The van der Waals surface area contributed by atoms with E-state index >= 15 is 0 Å².